The lowest BCUT2D eigenvalue weighted by molar-refractivity contribution is -0.161. The SMILES string of the molecule is CCCCCC/C=C\C=C/CCCCCCCC(=O)O[C@H](COC(=O)CCCCCCC)COP(=O)(O)OC[C@H](O)COP(=O)(O)OC[C@@H](COC(=O)CCCCCCCCCCCCCCCCCCCCCC)OC(=O)CCCCCCCCCCCCCCCCCCCCC(C)C. The fourth-order valence-electron chi connectivity index (χ4n) is 12.2. The number of phosphoric ester groups is 2. The molecule has 17 nitrogen and oxygen atoms in total. The van der Waals surface area contributed by atoms with Crippen molar-refractivity contribution in [1.82, 2.24) is 0 Å². The summed E-state index contributed by atoms with van der Waals surface area (Å²) in [6.07, 6.45) is 69.4. The first-order valence-electron chi connectivity index (χ1n) is 42.0. The van der Waals surface area contributed by atoms with E-state index in [1.807, 2.05) is 0 Å². The van der Waals surface area contributed by atoms with Crippen LogP contribution in [0.3, 0.4) is 0 Å². The fourth-order valence-corrected chi connectivity index (χ4v) is 13.8. The number of aliphatic hydroxyl groups is 1. The highest BCUT2D eigenvalue weighted by molar-refractivity contribution is 7.47. The Kier molecular flexibility index (Phi) is 72.6. The Labute approximate surface area is 618 Å². The van der Waals surface area contributed by atoms with Crippen molar-refractivity contribution in [3.8, 4) is 0 Å². The smallest absolute Gasteiger partial charge is 0.462 e. The molecular formula is C82H156O17P2. The first kappa shape index (κ1) is 98.5. The first-order valence-corrected chi connectivity index (χ1v) is 44.9. The van der Waals surface area contributed by atoms with Crippen LogP contribution in [0.1, 0.15) is 413 Å². The van der Waals surface area contributed by atoms with Gasteiger partial charge in [-0.1, -0.05) is 361 Å². The highest BCUT2D eigenvalue weighted by Crippen LogP contribution is 2.45. The monoisotopic (exact) mass is 1480 g/mol. The second kappa shape index (κ2) is 74.4. The summed E-state index contributed by atoms with van der Waals surface area (Å²) < 4.78 is 68.4. The van der Waals surface area contributed by atoms with E-state index in [0.29, 0.717) is 25.7 Å². The van der Waals surface area contributed by atoms with Crippen molar-refractivity contribution >= 4 is 39.5 Å². The molecule has 0 aliphatic rings. The molecule has 0 saturated heterocycles. The van der Waals surface area contributed by atoms with Gasteiger partial charge in [0.1, 0.15) is 19.3 Å². The highest BCUT2D eigenvalue weighted by atomic mass is 31.2. The lowest BCUT2D eigenvalue weighted by Crippen LogP contribution is -2.30. The Morgan fingerprint density at radius 2 is 0.535 bits per heavy atom. The summed E-state index contributed by atoms with van der Waals surface area (Å²) in [4.78, 5) is 72.7. The summed E-state index contributed by atoms with van der Waals surface area (Å²) in [5, 5.41) is 10.6. The van der Waals surface area contributed by atoms with Crippen LogP contribution in [0.5, 0.6) is 0 Å². The maximum Gasteiger partial charge on any atom is 0.472 e. The maximum absolute atomic E-state index is 13.1. The standard InChI is InChI=1S/C82H156O17P2/c1-6-9-12-15-17-19-21-23-25-26-27-28-32-36-39-43-47-51-56-61-66-80(85)93-72-78(99-82(87)68-63-58-53-49-45-41-37-33-30-29-31-35-38-42-46-50-55-59-64-75(4)5)74-97-101(90,91)95-70-76(83)69-94-100(88,89)96-73-77(71-92-79(84)65-60-54-14-11-8-3)98-81(86)67-62-57-52-48-44-40-34-24-22-20-18-16-13-10-7-2/h20,22,24,34,75-78,83H,6-19,21,23,25-33,35-74H2,1-5H3,(H,88,89)(H,90,91)/b22-20-,34-24-/t76-,77+,78+/m0/s1. The molecule has 19 heteroatoms. The van der Waals surface area contributed by atoms with E-state index in [9.17, 15) is 43.2 Å². The summed E-state index contributed by atoms with van der Waals surface area (Å²) in [5.41, 5.74) is 0. The zero-order chi connectivity index (χ0) is 74.1. The topological polar surface area (TPSA) is 237 Å². The Hall–Kier alpha value is -2.46. The number of hydrogen-bond acceptors (Lipinski definition) is 15. The van der Waals surface area contributed by atoms with Gasteiger partial charge in [-0.2, -0.15) is 0 Å². The molecule has 0 radical (unpaired) electrons. The molecule has 0 heterocycles. The van der Waals surface area contributed by atoms with Crippen LogP contribution < -0.4 is 0 Å². The van der Waals surface area contributed by atoms with Crippen LogP contribution in [-0.2, 0) is 65.4 Å². The minimum Gasteiger partial charge on any atom is -0.462 e. The zero-order valence-electron chi connectivity index (χ0n) is 65.5. The summed E-state index contributed by atoms with van der Waals surface area (Å²) in [5.74, 6) is -1.33. The van der Waals surface area contributed by atoms with Gasteiger partial charge in [-0.15, -0.1) is 0 Å². The lowest BCUT2D eigenvalue weighted by atomic mass is 10.0. The van der Waals surface area contributed by atoms with E-state index in [4.69, 9.17) is 37.0 Å². The van der Waals surface area contributed by atoms with Crippen molar-refractivity contribution < 1.29 is 80.2 Å². The van der Waals surface area contributed by atoms with E-state index in [0.717, 1.165) is 115 Å². The molecule has 0 spiro atoms. The van der Waals surface area contributed by atoms with Crippen LogP contribution in [0.25, 0.3) is 0 Å². The average molecular weight is 1480 g/mol. The number of rotatable bonds is 80. The number of carbonyl (C=O) groups is 4. The molecule has 0 aliphatic carbocycles. The van der Waals surface area contributed by atoms with Crippen molar-refractivity contribution in [2.45, 2.75) is 432 Å². The molecule has 0 aromatic rings. The predicted octanol–water partition coefficient (Wildman–Crippen LogP) is 24.4. The Bertz CT molecular complexity index is 2020. The number of carbonyl (C=O) groups excluding carboxylic acids is 4. The summed E-state index contributed by atoms with van der Waals surface area (Å²) in [6.45, 7) is 7.21. The molecule has 0 amide bonds. The minimum atomic E-state index is -4.96. The van der Waals surface area contributed by atoms with Gasteiger partial charge in [0.25, 0.3) is 0 Å². The van der Waals surface area contributed by atoms with Gasteiger partial charge in [-0.3, -0.25) is 37.3 Å². The molecule has 596 valence electrons. The van der Waals surface area contributed by atoms with Gasteiger partial charge < -0.3 is 33.8 Å². The molecule has 0 fully saturated rings. The largest absolute Gasteiger partial charge is 0.472 e. The Morgan fingerprint density at radius 3 is 0.812 bits per heavy atom. The molecule has 0 aromatic heterocycles. The molecule has 0 saturated carbocycles. The minimum absolute atomic E-state index is 0.0845. The quantitative estimate of drug-likeness (QED) is 0.0169. The number of phosphoric acid groups is 2. The van der Waals surface area contributed by atoms with Crippen LogP contribution in [0.4, 0.5) is 0 Å². The van der Waals surface area contributed by atoms with Gasteiger partial charge in [0.15, 0.2) is 12.2 Å². The molecule has 0 aromatic carbocycles. The van der Waals surface area contributed by atoms with Crippen molar-refractivity contribution in [2.75, 3.05) is 39.6 Å². The van der Waals surface area contributed by atoms with Gasteiger partial charge in [-0.05, 0) is 57.3 Å². The summed E-state index contributed by atoms with van der Waals surface area (Å²) in [6, 6.07) is 0. The van der Waals surface area contributed by atoms with Crippen molar-refractivity contribution in [1.29, 1.82) is 0 Å². The van der Waals surface area contributed by atoms with Crippen molar-refractivity contribution in [2.24, 2.45) is 5.92 Å². The predicted molar refractivity (Wildman–Crippen MR) is 414 cm³/mol. The van der Waals surface area contributed by atoms with Gasteiger partial charge >= 0.3 is 39.5 Å². The molecule has 0 bridgehead atoms. The lowest BCUT2D eigenvalue weighted by Gasteiger charge is -2.21. The number of hydrogen-bond donors (Lipinski definition) is 3. The molecule has 5 atom stereocenters. The van der Waals surface area contributed by atoms with E-state index >= 15 is 0 Å². The van der Waals surface area contributed by atoms with Gasteiger partial charge in [0, 0.05) is 25.7 Å². The van der Waals surface area contributed by atoms with E-state index in [-0.39, 0.29) is 25.7 Å². The number of allylic oxidation sites excluding steroid dienone is 4. The second-order valence-electron chi connectivity index (χ2n) is 29.3. The molecule has 3 N–H and O–H groups in total. The van der Waals surface area contributed by atoms with E-state index in [1.165, 1.54) is 218 Å². The number of unbranched alkanes of at least 4 members (excludes halogenated alkanes) is 49. The highest BCUT2D eigenvalue weighted by Gasteiger charge is 2.30. The number of ether oxygens (including phenoxy) is 4. The van der Waals surface area contributed by atoms with Crippen LogP contribution in [0, 0.1) is 5.92 Å². The van der Waals surface area contributed by atoms with Crippen LogP contribution in [-0.4, -0.2) is 96.7 Å². The Balaban J connectivity index is 5.14. The third-order valence-corrected chi connectivity index (χ3v) is 20.6. The third kappa shape index (κ3) is 75.6. The van der Waals surface area contributed by atoms with E-state index < -0.39 is 97.5 Å². The van der Waals surface area contributed by atoms with Crippen LogP contribution in [0.2, 0.25) is 0 Å². The fraction of sp³-hybridized carbons (Fsp3) is 0.902. The summed E-state index contributed by atoms with van der Waals surface area (Å²) >= 11 is 0. The molecule has 101 heavy (non-hydrogen) atoms. The third-order valence-electron chi connectivity index (χ3n) is 18.7. The zero-order valence-corrected chi connectivity index (χ0v) is 67.3. The van der Waals surface area contributed by atoms with Gasteiger partial charge in [0.2, 0.25) is 0 Å². The van der Waals surface area contributed by atoms with Crippen molar-refractivity contribution in [3.05, 3.63) is 24.3 Å². The number of esters is 4. The second-order valence-corrected chi connectivity index (χ2v) is 32.2. The van der Waals surface area contributed by atoms with Gasteiger partial charge in [0.05, 0.1) is 26.4 Å². The van der Waals surface area contributed by atoms with Crippen molar-refractivity contribution in [3.63, 3.8) is 0 Å². The summed E-state index contributed by atoms with van der Waals surface area (Å²) in [7, 11) is -9.92. The van der Waals surface area contributed by atoms with Crippen LogP contribution >= 0.6 is 15.6 Å². The maximum atomic E-state index is 13.1. The number of aliphatic hydroxyl groups excluding tert-OH is 1. The molecule has 0 aliphatic heterocycles. The molecular weight excluding hydrogens is 1320 g/mol. The van der Waals surface area contributed by atoms with Crippen LogP contribution in [0.15, 0.2) is 24.3 Å². The first-order chi connectivity index (χ1) is 49.0. The van der Waals surface area contributed by atoms with E-state index in [1.54, 1.807) is 0 Å². The normalized spacial score (nSPS) is 14.0. The van der Waals surface area contributed by atoms with Gasteiger partial charge in [-0.25, -0.2) is 9.13 Å². The molecule has 2 unspecified atom stereocenters. The molecule has 0 rings (SSSR count). The average Bonchev–Trinajstić information content (AvgIpc) is 1.06. The van der Waals surface area contributed by atoms with E-state index in [2.05, 4.69) is 58.9 Å². The Morgan fingerprint density at radius 1 is 0.307 bits per heavy atom.